The molecule has 28 heavy (non-hydrogen) atoms. The van der Waals surface area contributed by atoms with Crippen LogP contribution in [0.25, 0.3) is 0 Å². The van der Waals surface area contributed by atoms with E-state index in [4.69, 9.17) is 0 Å². The molecule has 0 bridgehead atoms. The zero-order valence-electron chi connectivity index (χ0n) is 18.6. The van der Waals surface area contributed by atoms with Crippen LogP contribution in [0.4, 0.5) is 0 Å². The molecule has 1 heteroatoms. The third-order valence-corrected chi connectivity index (χ3v) is 8.93. The quantitative estimate of drug-likeness (QED) is 0.476. The number of allylic oxidation sites excluding steroid dienone is 6. The molecule has 0 aromatic heterocycles. The molecule has 5 unspecified atom stereocenters. The Hall–Kier alpha value is -0.980. The standard InChI is InChI=1S/C27H42O/c1-4-19-9-13-25-26(15-19)18(3)14-23-16-22(21(5-2)17-27(23)25)10-6-20-7-11-24(28)12-8-20/h11,15,18,20,23,25-28H,4-10,12-14,16-17H2,1-3H3/t18-,20?,23?,25?,26?,27?/m0/s1. The molecule has 0 aliphatic heterocycles. The predicted molar refractivity (Wildman–Crippen MR) is 119 cm³/mol. The summed E-state index contributed by atoms with van der Waals surface area (Å²) in [4.78, 5) is 0. The van der Waals surface area contributed by atoms with Gasteiger partial charge in [-0.05, 0) is 112 Å². The number of rotatable bonds is 5. The van der Waals surface area contributed by atoms with Gasteiger partial charge in [-0.3, -0.25) is 0 Å². The van der Waals surface area contributed by atoms with E-state index >= 15 is 0 Å². The normalized spacial score (nSPS) is 38.4. The molecule has 156 valence electrons. The van der Waals surface area contributed by atoms with Crippen LogP contribution >= 0.6 is 0 Å². The van der Waals surface area contributed by atoms with Crippen molar-refractivity contribution in [2.24, 2.45) is 35.5 Å². The molecule has 1 N–H and O–H groups in total. The van der Waals surface area contributed by atoms with Crippen molar-refractivity contribution in [3.63, 3.8) is 0 Å². The number of hydrogen-bond acceptors (Lipinski definition) is 1. The average Bonchev–Trinajstić information content (AvgIpc) is 2.72. The monoisotopic (exact) mass is 382 g/mol. The number of fused-ring (bicyclic) bond motifs is 3. The summed E-state index contributed by atoms with van der Waals surface area (Å²) in [6.45, 7) is 7.29. The van der Waals surface area contributed by atoms with E-state index in [1.807, 2.05) is 11.1 Å². The minimum atomic E-state index is 0.628. The lowest BCUT2D eigenvalue weighted by Crippen LogP contribution is -2.42. The molecule has 4 aliphatic carbocycles. The van der Waals surface area contributed by atoms with Gasteiger partial charge in [-0.15, -0.1) is 0 Å². The molecule has 0 heterocycles. The summed E-state index contributed by atoms with van der Waals surface area (Å²) in [7, 11) is 0. The van der Waals surface area contributed by atoms with Gasteiger partial charge in [-0.2, -0.15) is 0 Å². The van der Waals surface area contributed by atoms with Crippen LogP contribution in [0.1, 0.15) is 97.8 Å². The maximum Gasteiger partial charge on any atom is 0.0883 e. The Morgan fingerprint density at radius 2 is 1.86 bits per heavy atom. The average molecular weight is 383 g/mol. The van der Waals surface area contributed by atoms with Crippen molar-refractivity contribution >= 4 is 0 Å². The Labute approximate surface area is 173 Å². The number of aliphatic hydroxyl groups is 1. The van der Waals surface area contributed by atoms with E-state index in [9.17, 15) is 5.11 Å². The van der Waals surface area contributed by atoms with Crippen LogP contribution in [0.2, 0.25) is 0 Å². The van der Waals surface area contributed by atoms with Crippen LogP contribution in [0, 0.1) is 35.5 Å². The summed E-state index contributed by atoms with van der Waals surface area (Å²) in [6.07, 6.45) is 20.3. The van der Waals surface area contributed by atoms with Gasteiger partial charge in [0.15, 0.2) is 0 Å². The lowest BCUT2D eigenvalue weighted by Gasteiger charge is -2.51. The highest BCUT2D eigenvalue weighted by molar-refractivity contribution is 5.23. The fourth-order valence-corrected chi connectivity index (χ4v) is 7.19. The molecule has 4 aliphatic rings. The second-order valence-electron chi connectivity index (χ2n) is 10.4. The Balaban J connectivity index is 1.45. The van der Waals surface area contributed by atoms with E-state index in [2.05, 4.69) is 32.9 Å². The first-order chi connectivity index (χ1) is 13.6. The van der Waals surface area contributed by atoms with Gasteiger partial charge in [0.1, 0.15) is 0 Å². The van der Waals surface area contributed by atoms with Crippen LogP contribution in [0.3, 0.4) is 0 Å². The van der Waals surface area contributed by atoms with Gasteiger partial charge in [0.25, 0.3) is 0 Å². The lowest BCUT2D eigenvalue weighted by molar-refractivity contribution is 0.0487. The minimum absolute atomic E-state index is 0.628. The first-order valence-corrected chi connectivity index (χ1v) is 12.4. The van der Waals surface area contributed by atoms with E-state index in [0.29, 0.717) is 5.76 Å². The molecule has 0 aromatic rings. The van der Waals surface area contributed by atoms with Crippen LogP contribution in [-0.4, -0.2) is 5.11 Å². The van der Waals surface area contributed by atoms with Crippen LogP contribution in [-0.2, 0) is 0 Å². The molecule has 4 rings (SSSR count). The van der Waals surface area contributed by atoms with Crippen LogP contribution < -0.4 is 0 Å². The van der Waals surface area contributed by atoms with Crippen molar-refractivity contribution in [3.05, 3.63) is 34.6 Å². The van der Waals surface area contributed by atoms with Gasteiger partial charge < -0.3 is 5.11 Å². The first-order valence-electron chi connectivity index (χ1n) is 12.4. The Morgan fingerprint density at radius 3 is 2.57 bits per heavy atom. The molecule has 0 aromatic carbocycles. The van der Waals surface area contributed by atoms with Crippen molar-refractivity contribution in [3.8, 4) is 0 Å². The Morgan fingerprint density at radius 1 is 1.00 bits per heavy atom. The van der Waals surface area contributed by atoms with Crippen molar-refractivity contribution in [2.75, 3.05) is 0 Å². The van der Waals surface area contributed by atoms with E-state index in [1.54, 1.807) is 5.57 Å². The molecule has 6 atom stereocenters. The number of aliphatic hydroxyl groups excluding tert-OH is 1. The number of hydrogen-bond donors (Lipinski definition) is 1. The maximum atomic E-state index is 9.65. The van der Waals surface area contributed by atoms with Gasteiger partial charge in [0.05, 0.1) is 5.76 Å². The molecule has 0 amide bonds. The molecular weight excluding hydrogens is 340 g/mol. The van der Waals surface area contributed by atoms with Crippen LogP contribution in [0.15, 0.2) is 34.6 Å². The third-order valence-electron chi connectivity index (χ3n) is 8.93. The van der Waals surface area contributed by atoms with Crippen molar-refractivity contribution in [2.45, 2.75) is 97.8 Å². The smallest absolute Gasteiger partial charge is 0.0883 e. The fraction of sp³-hybridized carbons (Fsp3) is 0.778. The third kappa shape index (κ3) is 4.14. The second-order valence-corrected chi connectivity index (χ2v) is 10.4. The Kier molecular flexibility index (Phi) is 6.38. The summed E-state index contributed by atoms with van der Waals surface area (Å²) in [6, 6.07) is 0. The van der Waals surface area contributed by atoms with Gasteiger partial charge in [-0.1, -0.05) is 43.6 Å². The molecule has 0 spiro atoms. The molecule has 1 nitrogen and oxygen atoms in total. The minimum Gasteiger partial charge on any atom is -0.513 e. The van der Waals surface area contributed by atoms with Crippen LogP contribution in [0.5, 0.6) is 0 Å². The second kappa shape index (κ2) is 8.80. The van der Waals surface area contributed by atoms with E-state index in [1.165, 1.54) is 64.2 Å². The van der Waals surface area contributed by atoms with E-state index < -0.39 is 0 Å². The summed E-state index contributed by atoms with van der Waals surface area (Å²) < 4.78 is 0. The topological polar surface area (TPSA) is 20.2 Å². The molecule has 0 radical (unpaired) electrons. The van der Waals surface area contributed by atoms with Crippen molar-refractivity contribution in [1.82, 2.24) is 0 Å². The van der Waals surface area contributed by atoms with Crippen molar-refractivity contribution < 1.29 is 5.11 Å². The zero-order valence-corrected chi connectivity index (χ0v) is 18.6. The molecular formula is C27H42O. The predicted octanol–water partition coefficient (Wildman–Crippen LogP) is 8.14. The first kappa shape index (κ1) is 20.3. The van der Waals surface area contributed by atoms with Gasteiger partial charge in [0.2, 0.25) is 0 Å². The van der Waals surface area contributed by atoms with Gasteiger partial charge in [0, 0.05) is 6.42 Å². The molecule has 1 saturated carbocycles. The zero-order chi connectivity index (χ0) is 19.7. The molecule has 1 fully saturated rings. The molecule has 0 saturated heterocycles. The van der Waals surface area contributed by atoms with E-state index in [0.717, 1.165) is 48.3 Å². The highest BCUT2D eigenvalue weighted by atomic mass is 16.3. The highest BCUT2D eigenvalue weighted by Gasteiger charge is 2.45. The summed E-state index contributed by atoms with van der Waals surface area (Å²) in [5, 5.41) is 9.65. The summed E-state index contributed by atoms with van der Waals surface area (Å²) in [5.74, 6) is 6.04. The maximum absolute atomic E-state index is 9.65. The largest absolute Gasteiger partial charge is 0.513 e. The SMILES string of the molecule is CCC1=CC2C(CC1)C1CC(CC)=C(CCC3CC=C(O)CC3)CC1C[C@@H]2C. The highest BCUT2D eigenvalue weighted by Crippen LogP contribution is 2.54. The van der Waals surface area contributed by atoms with Gasteiger partial charge >= 0.3 is 0 Å². The summed E-state index contributed by atoms with van der Waals surface area (Å²) in [5.41, 5.74) is 5.41. The summed E-state index contributed by atoms with van der Waals surface area (Å²) >= 11 is 0. The van der Waals surface area contributed by atoms with Crippen molar-refractivity contribution in [1.29, 1.82) is 0 Å². The fourth-order valence-electron chi connectivity index (χ4n) is 7.19. The van der Waals surface area contributed by atoms with E-state index in [-0.39, 0.29) is 0 Å². The lowest BCUT2D eigenvalue weighted by atomic mass is 9.54. The van der Waals surface area contributed by atoms with Gasteiger partial charge in [-0.25, -0.2) is 0 Å². The Bertz CT molecular complexity index is 651.